The Morgan fingerprint density at radius 3 is 2.46 bits per heavy atom. The predicted molar refractivity (Wildman–Crippen MR) is 104 cm³/mol. The van der Waals surface area contributed by atoms with Crippen molar-refractivity contribution in [3.63, 3.8) is 0 Å². The number of fused-ring (bicyclic) bond motifs is 1. The number of benzene rings is 2. The summed E-state index contributed by atoms with van der Waals surface area (Å²) in [5.74, 6) is 0.463. The molecule has 0 aliphatic rings. The number of hydrogen-bond donors (Lipinski definition) is 2. The molecule has 0 saturated heterocycles. The van der Waals surface area contributed by atoms with Gasteiger partial charge in [0, 0.05) is 12.6 Å². The number of rotatable bonds is 6. The van der Waals surface area contributed by atoms with Gasteiger partial charge in [-0.2, -0.15) is 0 Å². The van der Waals surface area contributed by atoms with E-state index in [2.05, 4.69) is 22.9 Å². The van der Waals surface area contributed by atoms with Gasteiger partial charge in [0.2, 0.25) is 5.91 Å². The van der Waals surface area contributed by atoms with Gasteiger partial charge in [0.25, 0.3) is 0 Å². The van der Waals surface area contributed by atoms with Crippen molar-refractivity contribution in [1.82, 2.24) is 14.9 Å². The van der Waals surface area contributed by atoms with Crippen LogP contribution < -0.4 is 11.1 Å². The smallest absolute Gasteiger partial charge is 0.225 e. The molecule has 0 saturated carbocycles. The van der Waals surface area contributed by atoms with E-state index in [9.17, 15) is 4.79 Å². The lowest BCUT2D eigenvalue weighted by molar-refractivity contribution is -0.125. The van der Waals surface area contributed by atoms with E-state index in [1.165, 1.54) is 0 Å². The van der Waals surface area contributed by atoms with E-state index in [1.54, 1.807) is 0 Å². The summed E-state index contributed by atoms with van der Waals surface area (Å²) in [7, 11) is 0. The van der Waals surface area contributed by atoms with Crippen LogP contribution in [-0.4, -0.2) is 15.5 Å². The zero-order valence-corrected chi connectivity index (χ0v) is 15.5. The maximum Gasteiger partial charge on any atom is 0.225 e. The topological polar surface area (TPSA) is 72.9 Å². The van der Waals surface area contributed by atoms with E-state index in [0.717, 1.165) is 29.0 Å². The van der Waals surface area contributed by atoms with Crippen LogP contribution in [0.3, 0.4) is 0 Å². The van der Waals surface area contributed by atoms with Gasteiger partial charge in [-0.3, -0.25) is 4.79 Å². The number of hydrogen-bond acceptors (Lipinski definition) is 3. The first-order valence-corrected chi connectivity index (χ1v) is 9.09. The van der Waals surface area contributed by atoms with Crippen molar-refractivity contribution in [2.75, 3.05) is 0 Å². The van der Waals surface area contributed by atoms with Crippen LogP contribution in [0.1, 0.15) is 44.2 Å². The Balaban J connectivity index is 1.77. The summed E-state index contributed by atoms with van der Waals surface area (Å²) in [6.07, 6.45) is 0. The Bertz CT molecular complexity index is 887. The Kier molecular flexibility index (Phi) is 5.38. The lowest BCUT2D eigenvalue weighted by Crippen LogP contribution is -2.37. The first kappa shape index (κ1) is 18.1. The van der Waals surface area contributed by atoms with E-state index in [0.29, 0.717) is 0 Å². The number of nitrogens with zero attached hydrogens (tertiary/aromatic N) is 2. The maximum absolute atomic E-state index is 12.7. The van der Waals surface area contributed by atoms with Crippen molar-refractivity contribution in [2.24, 2.45) is 11.7 Å². The third kappa shape index (κ3) is 3.48. The SMILES string of the molecule is CCn1c(C(C)NC(=O)C(C)C(N)c2ccccc2)nc2ccccc21. The predicted octanol–water partition coefficient (Wildman–Crippen LogP) is 3.57. The number of aromatic nitrogens is 2. The first-order valence-electron chi connectivity index (χ1n) is 9.09. The Morgan fingerprint density at radius 1 is 1.12 bits per heavy atom. The number of aryl methyl sites for hydroxylation is 1. The van der Waals surface area contributed by atoms with Gasteiger partial charge >= 0.3 is 0 Å². The summed E-state index contributed by atoms with van der Waals surface area (Å²) >= 11 is 0. The number of amides is 1. The molecule has 3 aromatic rings. The molecule has 3 rings (SSSR count). The van der Waals surface area contributed by atoms with Gasteiger partial charge in [-0.25, -0.2) is 4.98 Å². The molecular formula is C21H26N4O. The molecule has 3 atom stereocenters. The number of carbonyl (C=O) groups excluding carboxylic acids is 1. The molecule has 0 aliphatic heterocycles. The zero-order valence-electron chi connectivity index (χ0n) is 15.5. The quantitative estimate of drug-likeness (QED) is 0.714. The van der Waals surface area contributed by atoms with Crippen LogP contribution in [0.4, 0.5) is 0 Å². The van der Waals surface area contributed by atoms with Crippen LogP contribution in [0.25, 0.3) is 11.0 Å². The molecule has 0 radical (unpaired) electrons. The second-order valence-corrected chi connectivity index (χ2v) is 6.66. The van der Waals surface area contributed by atoms with Crippen LogP contribution in [0.5, 0.6) is 0 Å². The van der Waals surface area contributed by atoms with Crippen molar-refractivity contribution in [2.45, 2.75) is 39.4 Å². The van der Waals surface area contributed by atoms with Gasteiger partial charge in [0.15, 0.2) is 0 Å². The number of nitrogens with one attached hydrogen (secondary N) is 1. The van der Waals surface area contributed by atoms with Gasteiger partial charge < -0.3 is 15.6 Å². The highest BCUT2D eigenvalue weighted by molar-refractivity contribution is 5.80. The normalized spacial score (nSPS) is 14.8. The summed E-state index contributed by atoms with van der Waals surface area (Å²) in [5, 5.41) is 3.08. The average molecular weight is 350 g/mol. The molecule has 3 N–H and O–H groups in total. The fourth-order valence-corrected chi connectivity index (χ4v) is 3.29. The molecule has 0 bridgehead atoms. The zero-order chi connectivity index (χ0) is 18.7. The summed E-state index contributed by atoms with van der Waals surface area (Å²) in [5.41, 5.74) is 9.28. The Labute approximate surface area is 154 Å². The highest BCUT2D eigenvalue weighted by Gasteiger charge is 2.25. The largest absolute Gasteiger partial charge is 0.346 e. The summed E-state index contributed by atoms with van der Waals surface area (Å²) in [4.78, 5) is 17.4. The van der Waals surface area contributed by atoms with E-state index in [4.69, 9.17) is 10.7 Å². The van der Waals surface area contributed by atoms with Crippen LogP contribution in [-0.2, 0) is 11.3 Å². The molecule has 0 aliphatic carbocycles. The third-order valence-corrected chi connectivity index (χ3v) is 4.88. The second-order valence-electron chi connectivity index (χ2n) is 6.66. The molecule has 136 valence electrons. The van der Waals surface area contributed by atoms with Crippen molar-refractivity contribution in [3.8, 4) is 0 Å². The fourth-order valence-electron chi connectivity index (χ4n) is 3.29. The minimum atomic E-state index is -0.339. The molecular weight excluding hydrogens is 324 g/mol. The molecule has 3 unspecified atom stereocenters. The van der Waals surface area contributed by atoms with Crippen molar-refractivity contribution >= 4 is 16.9 Å². The molecule has 5 heteroatoms. The summed E-state index contributed by atoms with van der Waals surface area (Å²) < 4.78 is 2.14. The van der Waals surface area contributed by atoms with Gasteiger partial charge in [-0.15, -0.1) is 0 Å². The highest BCUT2D eigenvalue weighted by atomic mass is 16.2. The minimum absolute atomic E-state index is 0.0661. The lowest BCUT2D eigenvalue weighted by atomic mass is 9.94. The maximum atomic E-state index is 12.7. The monoisotopic (exact) mass is 350 g/mol. The van der Waals surface area contributed by atoms with Crippen LogP contribution in [0.2, 0.25) is 0 Å². The highest BCUT2D eigenvalue weighted by Crippen LogP contribution is 2.23. The van der Waals surface area contributed by atoms with E-state index >= 15 is 0 Å². The molecule has 5 nitrogen and oxygen atoms in total. The van der Waals surface area contributed by atoms with Crippen molar-refractivity contribution in [1.29, 1.82) is 0 Å². The standard InChI is InChI=1S/C21H26N4O/c1-4-25-18-13-9-8-12-17(18)24-20(25)15(3)23-21(26)14(2)19(22)16-10-6-5-7-11-16/h5-15,19H,4,22H2,1-3H3,(H,23,26). The van der Waals surface area contributed by atoms with Gasteiger partial charge in [-0.1, -0.05) is 49.4 Å². The number of para-hydroxylation sites is 2. The number of nitrogens with two attached hydrogens (primary N) is 1. The molecule has 26 heavy (non-hydrogen) atoms. The van der Waals surface area contributed by atoms with Gasteiger partial charge in [-0.05, 0) is 31.5 Å². The van der Waals surface area contributed by atoms with Gasteiger partial charge in [0.1, 0.15) is 5.82 Å². The fraction of sp³-hybridized carbons (Fsp3) is 0.333. The molecule has 0 spiro atoms. The third-order valence-electron chi connectivity index (χ3n) is 4.88. The first-order chi connectivity index (χ1) is 12.5. The molecule has 2 aromatic carbocycles. The Morgan fingerprint density at radius 2 is 1.77 bits per heavy atom. The molecule has 0 fully saturated rings. The van der Waals surface area contributed by atoms with Crippen LogP contribution in [0, 0.1) is 5.92 Å². The average Bonchev–Trinajstić information content (AvgIpc) is 3.06. The van der Waals surface area contributed by atoms with Crippen molar-refractivity contribution < 1.29 is 4.79 Å². The number of imidazole rings is 1. The van der Waals surface area contributed by atoms with Crippen molar-refractivity contribution in [3.05, 3.63) is 66.0 Å². The summed E-state index contributed by atoms with van der Waals surface area (Å²) in [6, 6.07) is 17.2. The second kappa shape index (κ2) is 7.70. The van der Waals surface area contributed by atoms with E-state index < -0.39 is 0 Å². The van der Waals surface area contributed by atoms with E-state index in [-0.39, 0.29) is 23.9 Å². The lowest BCUT2D eigenvalue weighted by Gasteiger charge is -2.22. The Hall–Kier alpha value is -2.66. The molecule has 1 aromatic heterocycles. The number of carbonyl (C=O) groups is 1. The van der Waals surface area contributed by atoms with Gasteiger partial charge in [0.05, 0.1) is 23.0 Å². The molecule has 1 amide bonds. The summed E-state index contributed by atoms with van der Waals surface area (Å²) in [6.45, 7) is 6.71. The van der Waals surface area contributed by atoms with E-state index in [1.807, 2.05) is 62.4 Å². The van der Waals surface area contributed by atoms with Crippen LogP contribution >= 0.6 is 0 Å². The minimum Gasteiger partial charge on any atom is -0.346 e. The van der Waals surface area contributed by atoms with Crippen LogP contribution in [0.15, 0.2) is 54.6 Å². The molecule has 1 heterocycles.